The van der Waals surface area contributed by atoms with Gasteiger partial charge in [0.25, 0.3) is 0 Å². The highest BCUT2D eigenvalue weighted by atomic mass is 19.4. The predicted octanol–water partition coefficient (Wildman–Crippen LogP) is 2.36. The van der Waals surface area contributed by atoms with Crippen LogP contribution in [-0.2, 0) is 6.18 Å². The van der Waals surface area contributed by atoms with Gasteiger partial charge in [-0.05, 0) is 19.1 Å². The van der Waals surface area contributed by atoms with Gasteiger partial charge in [0.2, 0.25) is 0 Å². The maximum Gasteiger partial charge on any atom is 0.417 e. The Balaban J connectivity index is 3.57. The third-order valence-electron chi connectivity index (χ3n) is 1.99. The molecule has 0 bridgehead atoms. The van der Waals surface area contributed by atoms with E-state index in [4.69, 9.17) is 11.0 Å². The van der Waals surface area contributed by atoms with E-state index >= 15 is 0 Å². The van der Waals surface area contributed by atoms with Gasteiger partial charge in [-0.15, -0.1) is 0 Å². The van der Waals surface area contributed by atoms with Gasteiger partial charge in [-0.3, -0.25) is 4.79 Å². The van der Waals surface area contributed by atoms with Crippen LogP contribution < -0.4 is 5.73 Å². The molecule has 0 aliphatic rings. The lowest BCUT2D eigenvalue weighted by molar-refractivity contribution is -0.137. The summed E-state index contributed by atoms with van der Waals surface area (Å²) in [7, 11) is 0. The second-order valence-corrected chi connectivity index (χ2v) is 3.15. The summed E-state index contributed by atoms with van der Waals surface area (Å²) in [4.78, 5) is 11.0. The normalized spacial score (nSPS) is 10.9. The van der Waals surface area contributed by atoms with Crippen molar-refractivity contribution >= 4 is 11.5 Å². The van der Waals surface area contributed by atoms with E-state index in [9.17, 15) is 18.0 Å². The molecule has 0 aliphatic heterocycles. The molecule has 0 aromatic heterocycles. The van der Waals surface area contributed by atoms with Crippen LogP contribution in [0.5, 0.6) is 0 Å². The number of nitriles is 1. The number of nitrogens with zero attached hydrogens (tertiary/aromatic N) is 1. The molecule has 0 spiro atoms. The zero-order valence-corrected chi connectivity index (χ0v) is 8.22. The third kappa shape index (κ3) is 2.14. The molecule has 0 aliphatic carbocycles. The highest BCUT2D eigenvalue weighted by molar-refractivity contribution is 5.96. The van der Waals surface area contributed by atoms with Crippen LogP contribution in [0.4, 0.5) is 18.9 Å². The maximum absolute atomic E-state index is 12.5. The summed E-state index contributed by atoms with van der Waals surface area (Å²) in [5.74, 6) is -0.760. The summed E-state index contributed by atoms with van der Waals surface area (Å²) >= 11 is 0. The molecule has 0 saturated heterocycles. The summed E-state index contributed by atoms with van der Waals surface area (Å²) in [6.45, 7) is 1.00. The molecule has 0 fully saturated rings. The Labute approximate surface area is 89.3 Å². The zero-order valence-electron chi connectivity index (χ0n) is 8.22. The summed E-state index contributed by atoms with van der Waals surface area (Å²) in [5.41, 5.74) is 3.17. The van der Waals surface area contributed by atoms with Crippen molar-refractivity contribution < 1.29 is 18.0 Å². The van der Waals surface area contributed by atoms with Gasteiger partial charge in [0, 0.05) is 5.56 Å². The Morgan fingerprint density at radius 3 is 2.38 bits per heavy atom. The average molecular weight is 228 g/mol. The summed E-state index contributed by atoms with van der Waals surface area (Å²) in [6.07, 6.45) is -4.66. The predicted molar refractivity (Wildman–Crippen MR) is 50.6 cm³/mol. The fourth-order valence-corrected chi connectivity index (χ4v) is 1.24. The van der Waals surface area contributed by atoms with Crippen LogP contribution in [0.1, 0.15) is 28.4 Å². The number of benzene rings is 1. The van der Waals surface area contributed by atoms with Gasteiger partial charge in [0.1, 0.15) is 6.07 Å². The Morgan fingerprint density at radius 1 is 1.44 bits per heavy atom. The van der Waals surface area contributed by atoms with Crippen LogP contribution in [0.3, 0.4) is 0 Å². The SMILES string of the molecule is CC(=O)c1cc(C#N)c(N)cc1C(F)(F)F. The van der Waals surface area contributed by atoms with E-state index in [1.165, 1.54) is 0 Å². The first kappa shape index (κ1) is 12.0. The van der Waals surface area contributed by atoms with Gasteiger partial charge >= 0.3 is 6.18 Å². The molecule has 0 heterocycles. The number of carbonyl (C=O) groups is 1. The Hall–Kier alpha value is -2.03. The molecule has 6 heteroatoms. The first-order valence-corrected chi connectivity index (χ1v) is 4.19. The molecule has 1 aromatic rings. The number of nitrogens with two attached hydrogens (primary N) is 1. The van der Waals surface area contributed by atoms with Crippen molar-refractivity contribution in [1.29, 1.82) is 5.26 Å². The highest BCUT2D eigenvalue weighted by Gasteiger charge is 2.35. The van der Waals surface area contributed by atoms with Gasteiger partial charge in [0.05, 0.1) is 16.8 Å². The van der Waals surface area contributed by atoms with Crippen molar-refractivity contribution in [2.45, 2.75) is 13.1 Å². The molecule has 1 aromatic carbocycles. The lowest BCUT2D eigenvalue weighted by atomic mass is 9.99. The number of halogens is 3. The lowest BCUT2D eigenvalue weighted by Crippen LogP contribution is -2.13. The zero-order chi connectivity index (χ0) is 12.5. The first-order chi connectivity index (χ1) is 7.27. The molecule has 0 radical (unpaired) electrons. The van der Waals surface area contributed by atoms with E-state index in [1.54, 1.807) is 6.07 Å². The topological polar surface area (TPSA) is 66.9 Å². The molecule has 1 rings (SSSR count). The van der Waals surface area contributed by atoms with Gasteiger partial charge < -0.3 is 5.73 Å². The van der Waals surface area contributed by atoms with Crippen molar-refractivity contribution in [2.24, 2.45) is 0 Å². The van der Waals surface area contributed by atoms with Crippen molar-refractivity contribution in [1.82, 2.24) is 0 Å². The number of Topliss-reactive ketones (excluding diaryl/α,β-unsaturated/α-hetero) is 1. The highest BCUT2D eigenvalue weighted by Crippen LogP contribution is 2.34. The van der Waals surface area contributed by atoms with E-state index in [1.807, 2.05) is 0 Å². The molecule has 2 N–H and O–H groups in total. The van der Waals surface area contributed by atoms with Gasteiger partial charge in [0.15, 0.2) is 5.78 Å². The number of carbonyl (C=O) groups excluding carboxylic acids is 1. The molecule has 16 heavy (non-hydrogen) atoms. The lowest BCUT2D eigenvalue weighted by Gasteiger charge is -2.12. The number of nitrogen functional groups attached to an aromatic ring is 1. The molecule has 0 unspecified atom stereocenters. The van der Waals surface area contributed by atoms with Crippen LogP contribution in [0.25, 0.3) is 0 Å². The summed E-state index contributed by atoms with van der Waals surface area (Å²) < 4.78 is 37.6. The van der Waals surface area contributed by atoms with Crippen molar-refractivity contribution in [2.75, 3.05) is 5.73 Å². The third-order valence-corrected chi connectivity index (χ3v) is 1.99. The number of hydrogen-bond donors (Lipinski definition) is 1. The molecule has 84 valence electrons. The van der Waals surface area contributed by atoms with E-state index < -0.39 is 23.1 Å². The van der Waals surface area contributed by atoms with E-state index in [0.717, 1.165) is 13.0 Å². The smallest absolute Gasteiger partial charge is 0.398 e. The van der Waals surface area contributed by atoms with Gasteiger partial charge in [-0.25, -0.2) is 0 Å². The van der Waals surface area contributed by atoms with Crippen LogP contribution in [0.15, 0.2) is 12.1 Å². The standard InChI is InChI=1S/C10H7F3N2O/c1-5(16)7-2-6(4-14)9(15)3-8(7)10(11,12)13/h2-3H,15H2,1H3. The first-order valence-electron chi connectivity index (χ1n) is 4.19. The Bertz CT molecular complexity index is 486. The van der Waals surface area contributed by atoms with Crippen molar-refractivity contribution in [3.05, 3.63) is 28.8 Å². The molecular formula is C10H7F3N2O. The fraction of sp³-hybridized carbons (Fsp3) is 0.200. The molecule has 0 atom stereocenters. The Kier molecular flexibility index (Phi) is 2.90. The largest absolute Gasteiger partial charge is 0.417 e. The quantitative estimate of drug-likeness (QED) is 0.592. The minimum absolute atomic E-state index is 0.141. The average Bonchev–Trinajstić information content (AvgIpc) is 2.15. The number of alkyl halides is 3. The van der Waals surface area contributed by atoms with Crippen LogP contribution >= 0.6 is 0 Å². The molecular weight excluding hydrogens is 221 g/mol. The second-order valence-electron chi connectivity index (χ2n) is 3.15. The monoisotopic (exact) mass is 228 g/mol. The van der Waals surface area contributed by atoms with Gasteiger partial charge in [-0.2, -0.15) is 18.4 Å². The second kappa shape index (κ2) is 3.85. The number of ketones is 1. The number of hydrogen-bond acceptors (Lipinski definition) is 3. The molecule has 0 saturated carbocycles. The molecule has 0 amide bonds. The maximum atomic E-state index is 12.5. The summed E-state index contributed by atoms with van der Waals surface area (Å²) in [6, 6.07) is 3.09. The van der Waals surface area contributed by atoms with Crippen LogP contribution in [0, 0.1) is 11.3 Å². The van der Waals surface area contributed by atoms with Crippen LogP contribution in [0.2, 0.25) is 0 Å². The van der Waals surface area contributed by atoms with Crippen LogP contribution in [-0.4, -0.2) is 5.78 Å². The Morgan fingerprint density at radius 2 is 2.00 bits per heavy atom. The van der Waals surface area contributed by atoms with E-state index in [-0.39, 0.29) is 11.3 Å². The van der Waals surface area contributed by atoms with Crippen molar-refractivity contribution in [3.63, 3.8) is 0 Å². The van der Waals surface area contributed by atoms with E-state index in [2.05, 4.69) is 0 Å². The van der Waals surface area contributed by atoms with E-state index in [0.29, 0.717) is 6.07 Å². The van der Waals surface area contributed by atoms with Crippen molar-refractivity contribution in [3.8, 4) is 6.07 Å². The number of anilines is 1. The number of rotatable bonds is 1. The summed E-state index contributed by atoms with van der Waals surface area (Å²) in [5, 5.41) is 8.60. The minimum Gasteiger partial charge on any atom is -0.398 e. The minimum atomic E-state index is -4.66. The molecule has 3 nitrogen and oxygen atoms in total. The van der Waals surface area contributed by atoms with Gasteiger partial charge in [-0.1, -0.05) is 0 Å². The fourth-order valence-electron chi connectivity index (χ4n) is 1.24.